The second kappa shape index (κ2) is 8.02. The van der Waals surface area contributed by atoms with Crippen molar-refractivity contribution in [3.8, 4) is 0 Å². The molecular weight excluding hydrogens is 319 g/mol. The number of hydrogen-bond donors (Lipinski definition) is 1. The number of nitrogens with one attached hydrogen (secondary N) is 1. The summed E-state index contributed by atoms with van der Waals surface area (Å²) in [6, 6.07) is 5.69. The van der Waals surface area contributed by atoms with Crippen molar-refractivity contribution < 1.29 is 13.6 Å². The summed E-state index contributed by atoms with van der Waals surface area (Å²) in [5.41, 5.74) is 0.913. The van der Waals surface area contributed by atoms with Gasteiger partial charge in [0, 0.05) is 18.7 Å². The molecule has 0 atom stereocenters. The Kier molecular flexibility index (Phi) is 7.04. The van der Waals surface area contributed by atoms with E-state index in [2.05, 4.69) is 26.0 Å². The van der Waals surface area contributed by atoms with Gasteiger partial charge in [0.15, 0.2) is 0 Å². The van der Waals surface area contributed by atoms with E-state index in [0.29, 0.717) is 26.2 Å². The van der Waals surface area contributed by atoms with E-state index in [1.165, 1.54) is 0 Å². The van der Waals surface area contributed by atoms with Crippen LogP contribution in [0.3, 0.4) is 0 Å². The van der Waals surface area contributed by atoms with Gasteiger partial charge in [-0.25, -0.2) is 14.6 Å². The Hall–Kier alpha value is -0.260. The van der Waals surface area contributed by atoms with Gasteiger partial charge >= 0.3 is 7.75 Å². The fourth-order valence-electron chi connectivity index (χ4n) is 1.38. The number of rotatable bonds is 8. The maximum Gasteiger partial charge on any atom is 0.405 e. The van der Waals surface area contributed by atoms with E-state index in [1.54, 1.807) is 13.8 Å². The molecule has 0 aliphatic heterocycles. The summed E-state index contributed by atoms with van der Waals surface area (Å²) in [5.74, 6) is 0. The zero-order chi connectivity index (χ0) is 13.4. The molecule has 1 N–H and O–H groups in total. The van der Waals surface area contributed by atoms with Crippen molar-refractivity contribution in [2.24, 2.45) is 0 Å². The molecule has 18 heavy (non-hydrogen) atoms. The Labute approximate surface area is 116 Å². The first-order chi connectivity index (χ1) is 8.59. The van der Waals surface area contributed by atoms with Crippen LogP contribution in [0.5, 0.6) is 0 Å². The highest BCUT2D eigenvalue weighted by molar-refractivity contribution is 9.10. The van der Waals surface area contributed by atoms with Crippen LogP contribution in [0.15, 0.2) is 22.8 Å². The molecule has 0 aliphatic rings. The molecule has 0 saturated heterocycles. The van der Waals surface area contributed by atoms with Crippen molar-refractivity contribution in [1.82, 2.24) is 10.1 Å². The van der Waals surface area contributed by atoms with E-state index in [4.69, 9.17) is 9.05 Å². The Morgan fingerprint density at radius 1 is 1.33 bits per heavy atom. The van der Waals surface area contributed by atoms with Crippen molar-refractivity contribution in [2.45, 2.75) is 20.3 Å². The molecule has 0 aliphatic carbocycles. The smallest absolute Gasteiger partial charge is 0.297 e. The van der Waals surface area contributed by atoms with Crippen LogP contribution in [0.4, 0.5) is 0 Å². The zero-order valence-corrected chi connectivity index (χ0v) is 13.0. The van der Waals surface area contributed by atoms with E-state index >= 15 is 0 Å². The van der Waals surface area contributed by atoms with Gasteiger partial charge < -0.3 is 0 Å². The minimum absolute atomic E-state index is 0.347. The van der Waals surface area contributed by atoms with E-state index in [0.717, 1.165) is 10.3 Å². The maximum atomic E-state index is 12.1. The minimum atomic E-state index is -3.16. The molecule has 102 valence electrons. The fraction of sp³-hybridized carbons (Fsp3) is 0.545. The molecule has 0 radical (unpaired) electrons. The van der Waals surface area contributed by atoms with Gasteiger partial charge in [0.25, 0.3) is 0 Å². The summed E-state index contributed by atoms with van der Waals surface area (Å²) >= 11 is 3.31. The van der Waals surface area contributed by atoms with Crippen LogP contribution < -0.4 is 5.09 Å². The standard InChI is InChI=1S/C11H18BrN2O3P/c1-3-16-18(15,17-4-2)13-9-8-10-6-5-7-11(12)14-10/h5-7H,3-4,8-9H2,1-2H3,(H,13,15). The quantitative estimate of drug-likeness (QED) is 0.583. The molecular formula is C11H18BrN2O3P. The van der Waals surface area contributed by atoms with Gasteiger partial charge in [-0.1, -0.05) is 6.07 Å². The number of nitrogens with zero attached hydrogens (tertiary/aromatic N) is 1. The zero-order valence-electron chi connectivity index (χ0n) is 10.6. The molecule has 7 heteroatoms. The lowest BCUT2D eigenvalue weighted by atomic mass is 10.3. The third-order valence-electron chi connectivity index (χ3n) is 2.06. The third kappa shape index (κ3) is 5.59. The molecule has 0 spiro atoms. The first-order valence-corrected chi connectivity index (χ1v) is 8.19. The summed E-state index contributed by atoms with van der Waals surface area (Å²) in [6.45, 7) is 4.74. The molecule has 0 unspecified atom stereocenters. The minimum Gasteiger partial charge on any atom is -0.297 e. The topological polar surface area (TPSA) is 60.5 Å². The Morgan fingerprint density at radius 3 is 2.56 bits per heavy atom. The first kappa shape index (κ1) is 15.8. The lowest BCUT2D eigenvalue weighted by molar-refractivity contribution is 0.211. The average molecular weight is 337 g/mol. The number of halogens is 1. The summed E-state index contributed by atoms with van der Waals surface area (Å²) < 4.78 is 23.1. The summed E-state index contributed by atoms with van der Waals surface area (Å²) in [6.07, 6.45) is 0.656. The highest BCUT2D eigenvalue weighted by Gasteiger charge is 2.22. The number of aromatic nitrogens is 1. The van der Waals surface area contributed by atoms with Crippen LogP contribution in [-0.2, 0) is 20.0 Å². The number of pyridine rings is 1. The van der Waals surface area contributed by atoms with Gasteiger partial charge in [0.05, 0.1) is 13.2 Å². The highest BCUT2D eigenvalue weighted by Crippen LogP contribution is 2.42. The van der Waals surface area contributed by atoms with E-state index < -0.39 is 7.75 Å². The number of hydrogen-bond acceptors (Lipinski definition) is 4. The van der Waals surface area contributed by atoms with Gasteiger partial charge in [-0.3, -0.25) is 9.05 Å². The summed E-state index contributed by atoms with van der Waals surface area (Å²) in [5, 5.41) is 2.82. The van der Waals surface area contributed by atoms with Crippen LogP contribution in [0.25, 0.3) is 0 Å². The van der Waals surface area contributed by atoms with Crippen LogP contribution in [0.1, 0.15) is 19.5 Å². The van der Waals surface area contributed by atoms with Crippen molar-refractivity contribution >= 4 is 23.7 Å². The Balaban J connectivity index is 2.46. The molecule has 0 aromatic carbocycles. The molecule has 5 nitrogen and oxygen atoms in total. The normalized spacial score (nSPS) is 11.7. The van der Waals surface area contributed by atoms with Crippen molar-refractivity contribution in [3.63, 3.8) is 0 Å². The molecule has 0 saturated carbocycles. The summed E-state index contributed by atoms with van der Waals surface area (Å²) in [4.78, 5) is 4.29. The van der Waals surface area contributed by atoms with E-state index in [1.807, 2.05) is 18.2 Å². The monoisotopic (exact) mass is 336 g/mol. The van der Waals surface area contributed by atoms with Gasteiger partial charge in [0.1, 0.15) is 4.60 Å². The SMILES string of the molecule is CCOP(=O)(NCCc1cccc(Br)n1)OCC. The lowest BCUT2D eigenvalue weighted by Crippen LogP contribution is -2.18. The molecule has 0 fully saturated rings. The van der Waals surface area contributed by atoms with Crippen molar-refractivity contribution in [2.75, 3.05) is 19.8 Å². The molecule has 1 heterocycles. The molecule has 1 rings (SSSR count). The van der Waals surface area contributed by atoms with E-state index in [-0.39, 0.29) is 0 Å². The van der Waals surface area contributed by atoms with Crippen LogP contribution in [0, 0.1) is 0 Å². The highest BCUT2D eigenvalue weighted by atomic mass is 79.9. The largest absolute Gasteiger partial charge is 0.405 e. The maximum absolute atomic E-state index is 12.1. The second-order valence-corrected chi connectivity index (χ2v) is 6.08. The molecule has 0 amide bonds. The fourth-order valence-corrected chi connectivity index (χ4v) is 3.08. The molecule has 0 bridgehead atoms. The molecule has 1 aromatic rings. The molecule has 1 aromatic heterocycles. The van der Waals surface area contributed by atoms with E-state index in [9.17, 15) is 4.57 Å². The first-order valence-electron chi connectivity index (χ1n) is 5.85. The second-order valence-electron chi connectivity index (χ2n) is 3.44. The van der Waals surface area contributed by atoms with Crippen LogP contribution >= 0.6 is 23.7 Å². The van der Waals surface area contributed by atoms with Crippen LogP contribution in [-0.4, -0.2) is 24.7 Å². The Morgan fingerprint density at radius 2 is 2.00 bits per heavy atom. The Bertz CT molecular complexity index is 407. The van der Waals surface area contributed by atoms with Gasteiger partial charge in [-0.2, -0.15) is 0 Å². The van der Waals surface area contributed by atoms with Crippen LogP contribution in [0.2, 0.25) is 0 Å². The third-order valence-corrected chi connectivity index (χ3v) is 4.31. The van der Waals surface area contributed by atoms with Crippen molar-refractivity contribution in [1.29, 1.82) is 0 Å². The van der Waals surface area contributed by atoms with Gasteiger partial charge in [0.2, 0.25) is 0 Å². The van der Waals surface area contributed by atoms with Gasteiger partial charge in [-0.05, 0) is 41.9 Å². The van der Waals surface area contributed by atoms with Gasteiger partial charge in [-0.15, -0.1) is 0 Å². The van der Waals surface area contributed by atoms with Crippen molar-refractivity contribution in [3.05, 3.63) is 28.5 Å². The average Bonchev–Trinajstić information content (AvgIpc) is 2.29. The summed E-state index contributed by atoms with van der Waals surface area (Å²) in [7, 11) is -3.16. The predicted octanol–water partition coefficient (Wildman–Crippen LogP) is 3.16. The lowest BCUT2D eigenvalue weighted by Gasteiger charge is -2.17. The predicted molar refractivity (Wildman–Crippen MR) is 74.5 cm³/mol.